The lowest BCUT2D eigenvalue weighted by molar-refractivity contribution is -0.140. The van der Waals surface area contributed by atoms with E-state index in [4.69, 9.17) is 0 Å². The van der Waals surface area contributed by atoms with E-state index in [2.05, 4.69) is 5.32 Å². The highest BCUT2D eigenvalue weighted by Crippen LogP contribution is 2.23. The third kappa shape index (κ3) is 6.27. The zero-order valence-electron chi connectivity index (χ0n) is 18.1. The Labute approximate surface area is 182 Å². The molecule has 9 heteroatoms. The molecule has 7 nitrogen and oxygen atoms in total. The van der Waals surface area contributed by atoms with Crippen molar-refractivity contribution in [3.8, 4) is 0 Å². The van der Waals surface area contributed by atoms with Gasteiger partial charge in [0.1, 0.15) is 18.4 Å². The number of para-hydroxylation sites is 1. The van der Waals surface area contributed by atoms with Crippen molar-refractivity contribution < 1.29 is 22.4 Å². The van der Waals surface area contributed by atoms with Crippen molar-refractivity contribution in [3.63, 3.8) is 0 Å². The number of amides is 2. The summed E-state index contributed by atoms with van der Waals surface area (Å²) in [5, 5.41) is 2.55. The van der Waals surface area contributed by atoms with Crippen LogP contribution in [-0.2, 0) is 26.2 Å². The summed E-state index contributed by atoms with van der Waals surface area (Å²) in [7, 11) is -2.30. The predicted octanol–water partition coefficient (Wildman–Crippen LogP) is 2.45. The zero-order valence-corrected chi connectivity index (χ0v) is 18.9. The molecule has 0 heterocycles. The Morgan fingerprint density at radius 1 is 1.10 bits per heavy atom. The summed E-state index contributed by atoms with van der Waals surface area (Å²) in [6.07, 6.45) is 1.36. The second-order valence-corrected chi connectivity index (χ2v) is 9.15. The second-order valence-electron chi connectivity index (χ2n) is 7.24. The van der Waals surface area contributed by atoms with Crippen molar-refractivity contribution in [1.29, 1.82) is 0 Å². The van der Waals surface area contributed by atoms with Crippen molar-refractivity contribution in [2.24, 2.45) is 0 Å². The van der Waals surface area contributed by atoms with Crippen molar-refractivity contribution in [1.82, 2.24) is 10.2 Å². The number of halogens is 1. The maximum atomic E-state index is 13.3. The van der Waals surface area contributed by atoms with Gasteiger partial charge in [0.15, 0.2) is 0 Å². The quantitative estimate of drug-likeness (QED) is 0.637. The van der Waals surface area contributed by atoms with Crippen LogP contribution in [0.5, 0.6) is 0 Å². The number of carbonyl (C=O) groups excluding carboxylic acids is 2. The van der Waals surface area contributed by atoms with Crippen LogP contribution in [0.25, 0.3) is 0 Å². The van der Waals surface area contributed by atoms with Crippen LogP contribution in [0.1, 0.15) is 24.5 Å². The molecule has 0 unspecified atom stereocenters. The number of sulfonamides is 1. The summed E-state index contributed by atoms with van der Waals surface area (Å²) in [4.78, 5) is 27.1. The topological polar surface area (TPSA) is 86.8 Å². The number of nitrogens with one attached hydrogen (secondary N) is 1. The Morgan fingerprint density at radius 2 is 1.71 bits per heavy atom. The van der Waals surface area contributed by atoms with Crippen LogP contribution in [0.3, 0.4) is 0 Å². The van der Waals surface area contributed by atoms with Crippen molar-refractivity contribution in [2.75, 3.05) is 24.2 Å². The largest absolute Gasteiger partial charge is 0.357 e. The molecule has 0 radical (unpaired) electrons. The summed E-state index contributed by atoms with van der Waals surface area (Å²) in [6, 6.07) is 11.7. The lowest BCUT2D eigenvalue weighted by Crippen LogP contribution is -2.51. The third-order valence-corrected chi connectivity index (χ3v) is 6.09. The molecule has 168 valence electrons. The summed E-state index contributed by atoms with van der Waals surface area (Å²) in [5.74, 6) is -1.31. The average Bonchev–Trinajstić information content (AvgIpc) is 2.72. The minimum atomic E-state index is -3.77. The maximum Gasteiger partial charge on any atom is 0.244 e. The molecule has 2 aromatic rings. The first-order valence-electron chi connectivity index (χ1n) is 9.87. The molecule has 0 bridgehead atoms. The maximum absolute atomic E-state index is 13.3. The monoisotopic (exact) mass is 449 g/mol. The minimum Gasteiger partial charge on any atom is -0.357 e. The lowest BCUT2D eigenvalue weighted by atomic mass is 10.1. The van der Waals surface area contributed by atoms with Gasteiger partial charge in [-0.25, -0.2) is 12.8 Å². The van der Waals surface area contributed by atoms with Gasteiger partial charge < -0.3 is 10.2 Å². The van der Waals surface area contributed by atoms with Crippen LogP contribution < -0.4 is 9.62 Å². The summed E-state index contributed by atoms with van der Waals surface area (Å²) >= 11 is 0. The smallest absolute Gasteiger partial charge is 0.244 e. The van der Waals surface area contributed by atoms with Crippen LogP contribution >= 0.6 is 0 Å². The first-order chi connectivity index (χ1) is 14.6. The van der Waals surface area contributed by atoms with E-state index in [0.29, 0.717) is 23.2 Å². The van der Waals surface area contributed by atoms with Gasteiger partial charge in [-0.3, -0.25) is 13.9 Å². The van der Waals surface area contributed by atoms with Gasteiger partial charge >= 0.3 is 0 Å². The lowest BCUT2D eigenvalue weighted by Gasteiger charge is -2.32. The molecule has 2 rings (SSSR count). The van der Waals surface area contributed by atoms with Gasteiger partial charge in [0, 0.05) is 13.6 Å². The highest BCUT2D eigenvalue weighted by molar-refractivity contribution is 7.92. The Kier molecular flexibility index (Phi) is 8.15. The van der Waals surface area contributed by atoms with E-state index in [-0.39, 0.29) is 12.5 Å². The van der Waals surface area contributed by atoms with Crippen molar-refractivity contribution in [3.05, 3.63) is 65.5 Å². The van der Waals surface area contributed by atoms with Crippen LogP contribution in [0.15, 0.2) is 48.5 Å². The normalized spacial score (nSPS) is 12.2. The number of rotatable bonds is 9. The van der Waals surface area contributed by atoms with Crippen LogP contribution in [0.4, 0.5) is 10.1 Å². The Morgan fingerprint density at radius 3 is 2.23 bits per heavy atom. The zero-order chi connectivity index (χ0) is 23.2. The molecule has 2 amide bonds. The highest BCUT2D eigenvalue weighted by atomic mass is 32.2. The number of likely N-dealkylation sites (N-methyl/N-ethyl adjacent to an activating group) is 1. The fraction of sp³-hybridized carbons (Fsp3) is 0.364. The van der Waals surface area contributed by atoms with Gasteiger partial charge in [-0.05, 0) is 42.7 Å². The molecule has 31 heavy (non-hydrogen) atoms. The van der Waals surface area contributed by atoms with Crippen LogP contribution in [-0.4, -0.2) is 51.0 Å². The highest BCUT2D eigenvalue weighted by Gasteiger charge is 2.31. The second kappa shape index (κ2) is 10.4. The van der Waals surface area contributed by atoms with E-state index in [1.807, 2.05) is 0 Å². The number of hydrogen-bond acceptors (Lipinski definition) is 4. The molecule has 0 saturated carbocycles. The molecule has 0 fully saturated rings. The fourth-order valence-corrected chi connectivity index (χ4v) is 4.22. The van der Waals surface area contributed by atoms with E-state index in [0.717, 1.165) is 10.6 Å². The van der Waals surface area contributed by atoms with Gasteiger partial charge in [-0.15, -0.1) is 0 Å². The Bertz CT molecular complexity index is 1030. The number of nitrogens with zero attached hydrogens (tertiary/aromatic N) is 2. The number of carbonyl (C=O) groups is 2. The predicted molar refractivity (Wildman–Crippen MR) is 118 cm³/mol. The third-order valence-electron chi connectivity index (χ3n) is 4.96. The average molecular weight is 450 g/mol. The molecule has 0 aliphatic heterocycles. The molecule has 0 saturated heterocycles. The van der Waals surface area contributed by atoms with Crippen LogP contribution in [0, 0.1) is 12.7 Å². The van der Waals surface area contributed by atoms with Gasteiger partial charge in [0.05, 0.1) is 11.9 Å². The molecule has 0 aliphatic rings. The summed E-state index contributed by atoms with van der Waals surface area (Å²) < 4.78 is 39.3. The van der Waals surface area contributed by atoms with E-state index >= 15 is 0 Å². The molecular formula is C22H28FN3O4S. The Balaban J connectivity index is 2.43. The van der Waals surface area contributed by atoms with E-state index in [1.165, 1.54) is 36.2 Å². The number of benzene rings is 2. The standard InChI is InChI=1S/C22H28FN3O4S/c1-5-19(22(28)24-3)25(14-17-10-12-18(23)13-11-17)21(27)15-26(31(4,29)30)20-9-7-6-8-16(20)2/h6-13,19H,5,14-15H2,1-4H3,(H,24,28)/t19-/m1/s1. The van der Waals surface area contributed by atoms with Crippen molar-refractivity contribution >= 4 is 27.5 Å². The molecular weight excluding hydrogens is 421 g/mol. The molecule has 0 aliphatic carbocycles. The molecule has 0 spiro atoms. The SMILES string of the molecule is CC[C@H](C(=O)NC)N(Cc1ccc(F)cc1)C(=O)CN(c1ccccc1C)S(C)(=O)=O. The van der Waals surface area contributed by atoms with Gasteiger partial charge in [-0.2, -0.15) is 0 Å². The summed E-state index contributed by atoms with van der Waals surface area (Å²) in [6.45, 7) is 3.10. The number of hydrogen-bond donors (Lipinski definition) is 1. The fourth-order valence-electron chi connectivity index (χ4n) is 3.31. The first kappa shape index (κ1) is 24.3. The van der Waals surface area contributed by atoms with Crippen molar-refractivity contribution in [2.45, 2.75) is 32.9 Å². The Hall–Kier alpha value is -2.94. The van der Waals surface area contributed by atoms with E-state index in [1.54, 1.807) is 38.1 Å². The number of anilines is 1. The van der Waals surface area contributed by atoms with Gasteiger partial charge in [-0.1, -0.05) is 37.3 Å². The van der Waals surface area contributed by atoms with E-state index in [9.17, 15) is 22.4 Å². The minimum absolute atomic E-state index is 0.0381. The summed E-state index contributed by atoms with van der Waals surface area (Å²) in [5.41, 5.74) is 1.72. The molecule has 1 atom stereocenters. The van der Waals surface area contributed by atoms with Crippen LogP contribution in [0.2, 0.25) is 0 Å². The molecule has 0 aromatic heterocycles. The van der Waals surface area contributed by atoms with E-state index < -0.39 is 34.3 Å². The van der Waals surface area contributed by atoms with Gasteiger partial charge in [0.2, 0.25) is 21.8 Å². The molecule has 1 N–H and O–H groups in total. The number of aryl methyl sites for hydroxylation is 1. The first-order valence-corrected chi connectivity index (χ1v) is 11.7. The molecule has 2 aromatic carbocycles. The van der Waals surface area contributed by atoms with Gasteiger partial charge in [0.25, 0.3) is 0 Å².